The molecule has 0 radical (unpaired) electrons. The Morgan fingerprint density at radius 2 is 2.06 bits per heavy atom. The first-order valence-electron chi connectivity index (χ1n) is 5.64. The Labute approximate surface area is 110 Å². The van der Waals surface area contributed by atoms with Crippen molar-refractivity contribution in [2.24, 2.45) is 0 Å². The van der Waals surface area contributed by atoms with Crippen molar-refractivity contribution in [3.63, 3.8) is 0 Å². The van der Waals surface area contributed by atoms with E-state index in [0.717, 1.165) is 21.7 Å². The highest BCUT2D eigenvalue weighted by Gasteiger charge is 2.07. The van der Waals surface area contributed by atoms with E-state index in [0.29, 0.717) is 11.6 Å². The number of thiazole rings is 1. The van der Waals surface area contributed by atoms with Crippen LogP contribution in [0.2, 0.25) is 0 Å². The van der Waals surface area contributed by atoms with E-state index in [4.69, 9.17) is 10.8 Å². The fourth-order valence-electron chi connectivity index (χ4n) is 1.62. The molecule has 0 unspecified atom stereocenters. The van der Waals surface area contributed by atoms with E-state index in [9.17, 15) is 0 Å². The molecule has 0 aliphatic rings. The Kier molecular flexibility index (Phi) is 3.98. The molecule has 4 heteroatoms. The van der Waals surface area contributed by atoms with Gasteiger partial charge in [0.2, 0.25) is 0 Å². The first-order valence-corrected chi connectivity index (χ1v) is 6.45. The van der Waals surface area contributed by atoms with E-state index in [1.807, 2.05) is 31.2 Å². The minimum Gasteiger partial charge on any atom is -0.395 e. The van der Waals surface area contributed by atoms with Gasteiger partial charge in [-0.1, -0.05) is 24.0 Å². The summed E-state index contributed by atoms with van der Waals surface area (Å²) in [5, 5.41) is 9.24. The maximum absolute atomic E-state index is 8.65. The molecule has 0 atom stereocenters. The lowest BCUT2D eigenvalue weighted by molar-refractivity contribution is 0.305. The first kappa shape index (κ1) is 12.6. The summed E-state index contributed by atoms with van der Waals surface area (Å²) in [5.41, 5.74) is 8.61. The summed E-state index contributed by atoms with van der Waals surface area (Å²) in [4.78, 5) is 5.43. The lowest BCUT2D eigenvalue weighted by Gasteiger charge is -1.98. The van der Waals surface area contributed by atoms with Crippen LogP contribution in [0, 0.1) is 18.8 Å². The molecule has 0 amide bonds. The van der Waals surface area contributed by atoms with E-state index in [1.165, 1.54) is 11.3 Å². The van der Waals surface area contributed by atoms with Gasteiger partial charge in [-0.25, -0.2) is 4.98 Å². The third kappa shape index (κ3) is 2.89. The molecule has 2 aromatic rings. The van der Waals surface area contributed by atoms with Crippen molar-refractivity contribution in [2.45, 2.75) is 13.3 Å². The molecule has 1 aromatic heterocycles. The van der Waals surface area contributed by atoms with Gasteiger partial charge in [0.05, 0.1) is 12.3 Å². The van der Waals surface area contributed by atoms with Crippen LogP contribution in [0.5, 0.6) is 0 Å². The van der Waals surface area contributed by atoms with Crippen molar-refractivity contribution in [3.8, 4) is 23.1 Å². The second-order valence-electron chi connectivity index (χ2n) is 3.81. The molecule has 0 bridgehead atoms. The summed E-state index contributed by atoms with van der Waals surface area (Å²) in [6, 6.07) is 7.89. The fourth-order valence-corrected chi connectivity index (χ4v) is 2.33. The predicted molar refractivity (Wildman–Crippen MR) is 75.3 cm³/mol. The zero-order valence-electron chi connectivity index (χ0n) is 10.1. The van der Waals surface area contributed by atoms with Crippen LogP contribution >= 0.6 is 11.3 Å². The Morgan fingerprint density at radius 1 is 1.33 bits per heavy atom. The molecule has 92 valence electrons. The van der Waals surface area contributed by atoms with Crippen molar-refractivity contribution in [2.75, 3.05) is 12.3 Å². The molecule has 3 N–H and O–H groups in total. The maximum Gasteiger partial charge on any atom is 0.180 e. The molecular weight excluding hydrogens is 244 g/mol. The molecule has 2 rings (SSSR count). The summed E-state index contributed by atoms with van der Waals surface area (Å²) in [5.74, 6) is 5.88. The highest BCUT2D eigenvalue weighted by atomic mass is 32.1. The van der Waals surface area contributed by atoms with Crippen LogP contribution in [0.1, 0.15) is 16.9 Å². The monoisotopic (exact) mass is 258 g/mol. The van der Waals surface area contributed by atoms with Crippen LogP contribution in [0.25, 0.3) is 11.3 Å². The number of anilines is 1. The highest BCUT2D eigenvalue weighted by molar-refractivity contribution is 7.15. The number of nitrogens with zero attached hydrogens (tertiary/aromatic N) is 1. The zero-order valence-corrected chi connectivity index (χ0v) is 10.9. The number of aryl methyl sites for hydroxylation is 1. The van der Waals surface area contributed by atoms with E-state index in [1.54, 1.807) is 0 Å². The molecule has 0 spiro atoms. The highest BCUT2D eigenvalue weighted by Crippen LogP contribution is 2.28. The molecule has 3 nitrogen and oxygen atoms in total. The minimum absolute atomic E-state index is 0.0996. The molecule has 18 heavy (non-hydrogen) atoms. The number of aliphatic hydroxyl groups is 1. The van der Waals surface area contributed by atoms with E-state index in [2.05, 4.69) is 16.8 Å². The third-order valence-corrected chi connectivity index (χ3v) is 3.24. The number of nitrogen functional groups attached to an aromatic ring is 1. The van der Waals surface area contributed by atoms with Gasteiger partial charge in [0.25, 0.3) is 0 Å². The summed E-state index contributed by atoms with van der Waals surface area (Å²) < 4.78 is 0. The lowest BCUT2D eigenvalue weighted by Crippen LogP contribution is -1.84. The standard InChI is InChI=1S/C14H14N2OS/c1-10-13(16-14(15)18-10)12-7-5-11(6-8-12)4-2-3-9-17/h5-8,17H,3,9H2,1H3,(H2,15,16). The summed E-state index contributed by atoms with van der Waals surface area (Å²) in [6.07, 6.45) is 0.503. The number of aromatic nitrogens is 1. The molecule has 0 saturated heterocycles. The average Bonchev–Trinajstić information content (AvgIpc) is 2.70. The van der Waals surface area contributed by atoms with Gasteiger partial charge in [0.15, 0.2) is 5.13 Å². The van der Waals surface area contributed by atoms with Crippen LogP contribution < -0.4 is 5.73 Å². The largest absolute Gasteiger partial charge is 0.395 e. The average molecular weight is 258 g/mol. The van der Waals surface area contributed by atoms with Gasteiger partial charge in [-0.15, -0.1) is 11.3 Å². The molecule has 0 fully saturated rings. The van der Waals surface area contributed by atoms with Gasteiger partial charge in [0, 0.05) is 22.4 Å². The Bertz CT molecular complexity index is 590. The molecule has 0 aliphatic carbocycles. The van der Waals surface area contributed by atoms with Crippen LogP contribution in [-0.4, -0.2) is 16.7 Å². The normalized spacial score (nSPS) is 9.89. The SMILES string of the molecule is Cc1sc(N)nc1-c1ccc(C#CCCO)cc1. The van der Waals surface area contributed by atoms with Crippen LogP contribution in [0.3, 0.4) is 0 Å². The topological polar surface area (TPSA) is 59.1 Å². The minimum atomic E-state index is 0.0996. The smallest absolute Gasteiger partial charge is 0.180 e. The van der Waals surface area contributed by atoms with E-state index < -0.39 is 0 Å². The van der Waals surface area contributed by atoms with Gasteiger partial charge in [0.1, 0.15) is 0 Å². The van der Waals surface area contributed by atoms with Crippen molar-refractivity contribution in [1.29, 1.82) is 0 Å². The van der Waals surface area contributed by atoms with Crippen molar-refractivity contribution >= 4 is 16.5 Å². The van der Waals surface area contributed by atoms with Crippen molar-refractivity contribution in [3.05, 3.63) is 34.7 Å². The number of aliphatic hydroxyl groups excluding tert-OH is 1. The molecule has 1 aromatic carbocycles. The van der Waals surface area contributed by atoms with Gasteiger partial charge in [-0.05, 0) is 19.1 Å². The third-order valence-electron chi connectivity index (χ3n) is 2.44. The number of rotatable bonds is 2. The van der Waals surface area contributed by atoms with E-state index in [-0.39, 0.29) is 6.61 Å². The number of hydrogen-bond donors (Lipinski definition) is 2. The quantitative estimate of drug-likeness (QED) is 0.813. The predicted octanol–water partition coefficient (Wildman–Crippen LogP) is 2.43. The summed E-state index contributed by atoms with van der Waals surface area (Å²) >= 11 is 1.50. The summed E-state index contributed by atoms with van der Waals surface area (Å²) in [7, 11) is 0. The Hall–Kier alpha value is -1.83. The lowest BCUT2D eigenvalue weighted by atomic mass is 10.1. The van der Waals surface area contributed by atoms with Crippen LogP contribution in [0.15, 0.2) is 24.3 Å². The summed E-state index contributed by atoms with van der Waals surface area (Å²) in [6.45, 7) is 2.11. The number of hydrogen-bond acceptors (Lipinski definition) is 4. The van der Waals surface area contributed by atoms with Crippen molar-refractivity contribution < 1.29 is 5.11 Å². The van der Waals surface area contributed by atoms with Gasteiger partial charge >= 0.3 is 0 Å². The van der Waals surface area contributed by atoms with Crippen molar-refractivity contribution in [1.82, 2.24) is 4.98 Å². The van der Waals surface area contributed by atoms with Gasteiger partial charge < -0.3 is 10.8 Å². The van der Waals surface area contributed by atoms with Gasteiger partial charge in [-0.2, -0.15) is 0 Å². The maximum atomic E-state index is 8.65. The Balaban J connectivity index is 2.23. The molecular formula is C14H14N2OS. The number of benzene rings is 1. The fraction of sp³-hybridized carbons (Fsp3) is 0.214. The second kappa shape index (κ2) is 5.67. The Morgan fingerprint density at radius 3 is 2.61 bits per heavy atom. The first-order chi connectivity index (χ1) is 8.70. The molecule has 1 heterocycles. The van der Waals surface area contributed by atoms with Crippen LogP contribution in [0.4, 0.5) is 5.13 Å². The van der Waals surface area contributed by atoms with Crippen LogP contribution in [-0.2, 0) is 0 Å². The van der Waals surface area contributed by atoms with Gasteiger partial charge in [-0.3, -0.25) is 0 Å². The van der Waals surface area contributed by atoms with E-state index >= 15 is 0 Å². The molecule has 0 aliphatic heterocycles. The zero-order chi connectivity index (χ0) is 13.0. The number of nitrogens with two attached hydrogens (primary N) is 1. The molecule has 0 saturated carbocycles. The second-order valence-corrected chi connectivity index (χ2v) is 5.04.